The van der Waals surface area contributed by atoms with E-state index in [1.807, 2.05) is 11.8 Å². The van der Waals surface area contributed by atoms with E-state index in [9.17, 15) is 0 Å². The summed E-state index contributed by atoms with van der Waals surface area (Å²) in [5.41, 5.74) is 0. The van der Waals surface area contributed by atoms with Gasteiger partial charge in [-0.25, -0.2) is 0 Å². The minimum atomic E-state index is 0.474. The molecule has 2 N–H and O–H groups in total. The van der Waals surface area contributed by atoms with Crippen molar-refractivity contribution in [2.75, 3.05) is 17.6 Å². The Hall–Kier alpha value is -0.750. The van der Waals surface area contributed by atoms with Crippen LogP contribution in [0.1, 0.15) is 39.0 Å². The van der Waals surface area contributed by atoms with Crippen molar-refractivity contribution in [3.8, 4) is 0 Å². The van der Waals surface area contributed by atoms with Crippen molar-refractivity contribution in [3.63, 3.8) is 0 Å². The van der Waals surface area contributed by atoms with Crippen molar-refractivity contribution in [2.45, 2.75) is 50.9 Å². The first-order chi connectivity index (χ1) is 8.83. The lowest BCUT2D eigenvalue weighted by Gasteiger charge is -2.18. The average molecular weight is 270 g/mol. The van der Waals surface area contributed by atoms with Crippen LogP contribution in [0.25, 0.3) is 0 Å². The molecule has 1 aliphatic rings. The predicted molar refractivity (Wildman–Crippen MR) is 74.9 cm³/mol. The van der Waals surface area contributed by atoms with E-state index < -0.39 is 0 Å². The second kappa shape index (κ2) is 6.99. The maximum absolute atomic E-state index is 5.57. The van der Waals surface area contributed by atoms with Crippen LogP contribution < -0.4 is 10.6 Å². The molecule has 0 radical (unpaired) electrons. The van der Waals surface area contributed by atoms with E-state index >= 15 is 0 Å². The van der Waals surface area contributed by atoms with Crippen LogP contribution >= 0.6 is 11.8 Å². The largest absolute Gasteiger partial charge is 0.407 e. The number of aromatic nitrogens is 2. The molecule has 0 aromatic carbocycles. The molecule has 18 heavy (non-hydrogen) atoms. The Bertz CT molecular complexity index is 358. The molecule has 0 bridgehead atoms. The number of nitrogens with one attached hydrogen (secondary N) is 2. The lowest BCUT2D eigenvalue weighted by Crippen LogP contribution is -2.26. The molecule has 1 aromatic heterocycles. The summed E-state index contributed by atoms with van der Waals surface area (Å²) in [5.74, 6) is 1.82. The summed E-state index contributed by atoms with van der Waals surface area (Å²) in [6.45, 7) is 5.81. The Morgan fingerprint density at radius 1 is 1.33 bits per heavy atom. The second-order valence-electron chi connectivity index (χ2n) is 4.46. The van der Waals surface area contributed by atoms with Crippen molar-refractivity contribution < 1.29 is 4.42 Å². The highest BCUT2D eigenvalue weighted by molar-refractivity contribution is 7.99. The summed E-state index contributed by atoms with van der Waals surface area (Å²) in [5, 5.41) is 15.3. The van der Waals surface area contributed by atoms with Crippen LogP contribution in [0.3, 0.4) is 0 Å². The van der Waals surface area contributed by atoms with Crippen LogP contribution in [0.15, 0.2) is 4.42 Å². The van der Waals surface area contributed by atoms with Gasteiger partial charge in [0.2, 0.25) is 5.89 Å². The van der Waals surface area contributed by atoms with Crippen molar-refractivity contribution >= 4 is 17.8 Å². The normalized spacial score (nSPS) is 23.4. The number of anilines is 1. The van der Waals surface area contributed by atoms with Gasteiger partial charge in [0.25, 0.3) is 0 Å². The summed E-state index contributed by atoms with van der Waals surface area (Å²) >= 11 is 2.02. The van der Waals surface area contributed by atoms with Gasteiger partial charge in [-0.05, 0) is 25.1 Å². The van der Waals surface area contributed by atoms with E-state index in [0.717, 1.165) is 6.54 Å². The number of hydrogen-bond donors (Lipinski definition) is 2. The first-order valence-electron chi connectivity index (χ1n) is 6.74. The van der Waals surface area contributed by atoms with Gasteiger partial charge in [0.15, 0.2) is 0 Å². The number of nitrogens with zero attached hydrogens (tertiary/aromatic N) is 2. The lowest BCUT2D eigenvalue weighted by atomic mass is 10.2. The van der Waals surface area contributed by atoms with Gasteiger partial charge in [-0.2, -0.15) is 11.8 Å². The Balaban J connectivity index is 1.86. The van der Waals surface area contributed by atoms with Crippen LogP contribution in [0.2, 0.25) is 0 Å². The van der Waals surface area contributed by atoms with Gasteiger partial charge in [0, 0.05) is 11.3 Å². The Labute approximate surface area is 112 Å². The third kappa shape index (κ3) is 3.62. The van der Waals surface area contributed by atoms with Crippen LogP contribution in [-0.2, 0) is 6.54 Å². The maximum Gasteiger partial charge on any atom is 0.315 e. The van der Waals surface area contributed by atoms with E-state index in [0.29, 0.717) is 29.7 Å². The Kier molecular flexibility index (Phi) is 5.31. The van der Waals surface area contributed by atoms with Gasteiger partial charge < -0.3 is 15.1 Å². The van der Waals surface area contributed by atoms with Gasteiger partial charge in [0.1, 0.15) is 0 Å². The molecule has 102 valence electrons. The third-order valence-electron chi connectivity index (χ3n) is 3.14. The zero-order valence-electron chi connectivity index (χ0n) is 11.1. The summed E-state index contributed by atoms with van der Waals surface area (Å²) in [6.07, 6.45) is 3.77. The molecule has 1 aromatic rings. The van der Waals surface area contributed by atoms with Crippen molar-refractivity contribution in [1.82, 2.24) is 15.5 Å². The van der Waals surface area contributed by atoms with Gasteiger partial charge >= 0.3 is 6.01 Å². The molecule has 6 heteroatoms. The fraction of sp³-hybridized carbons (Fsp3) is 0.833. The van der Waals surface area contributed by atoms with E-state index in [4.69, 9.17) is 4.42 Å². The Morgan fingerprint density at radius 2 is 2.22 bits per heavy atom. The highest BCUT2D eigenvalue weighted by Gasteiger charge is 2.28. The van der Waals surface area contributed by atoms with E-state index in [1.165, 1.54) is 25.0 Å². The molecule has 0 saturated heterocycles. The van der Waals surface area contributed by atoms with Gasteiger partial charge in [-0.3, -0.25) is 0 Å². The zero-order valence-corrected chi connectivity index (χ0v) is 11.9. The molecular formula is C12H22N4OS. The van der Waals surface area contributed by atoms with Gasteiger partial charge in [-0.15, -0.1) is 5.10 Å². The van der Waals surface area contributed by atoms with E-state index in [2.05, 4.69) is 34.7 Å². The first kappa shape index (κ1) is 13.7. The molecule has 0 aliphatic heterocycles. The van der Waals surface area contributed by atoms with Crippen molar-refractivity contribution in [2.24, 2.45) is 0 Å². The van der Waals surface area contributed by atoms with Crippen LogP contribution in [-0.4, -0.2) is 33.8 Å². The van der Waals surface area contributed by atoms with Crippen LogP contribution in [0, 0.1) is 0 Å². The fourth-order valence-electron chi connectivity index (χ4n) is 2.28. The van der Waals surface area contributed by atoms with Crippen molar-refractivity contribution in [1.29, 1.82) is 0 Å². The molecule has 2 unspecified atom stereocenters. The lowest BCUT2D eigenvalue weighted by molar-refractivity contribution is 0.477. The summed E-state index contributed by atoms with van der Waals surface area (Å²) in [4.78, 5) is 0. The third-order valence-corrected chi connectivity index (χ3v) is 4.46. The monoisotopic (exact) mass is 270 g/mol. The van der Waals surface area contributed by atoms with Gasteiger partial charge in [0.05, 0.1) is 6.54 Å². The molecule has 2 atom stereocenters. The summed E-state index contributed by atoms with van der Waals surface area (Å²) < 4.78 is 5.57. The molecule has 5 nitrogen and oxygen atoms in total. The molecule has 2 rings (SSSR count). The summed E-state index contributed by atoms with van der Waals surface area (Å²) in [7, 11) is 0. The second-order valence-corrected chi connectivity index (χ2v) is 5.97. The molecular weight excluding hydrogens is 248 g/mol. The Morgan fingerprint density at radius 3 is 3.00 bits per heavy atom. The van der Waals surface area contributed by atoms with Crippen LogP contribution in [0.5, 0.6) is 0 Å². The maximum atomic E-state index is 5.57. The number of rotatable bonds is 7. The molecule has 0 spiro atoms. The number of thioether (sulfide) groups is 1. The molecule has 1 saturated carbocycles. The van der Waals surface area contributed by atoms with E-state index in [-0.39, 0.29) is 0 Å². The number of hydrogen-bond acceptors (Lipinski definition) is 6. The van der Waals surface area contributed by atoms with Crippen LogP contribution in [0.4, 0.5) is 6.01 Å². The summed E-state index contributed by atoms with van der Waals surface area (Å²) in [6, 6.07) is 1.04. The molecule has 0 amide bonds. The molecule has 1 fully saturated rings. The topological polar surface area (TPSA) is 63.0 Å². The zero-order chi connectivity index (χ0) is 12.8. The predicted octanol–water partition coefficient (Wildman–Crippen LogP) is 2.27. The smallest absolute Gasteiger partial charge is 0.315 e. The van der Waals surface area contributed by atoms with Crippen molar-refractivity contribution in [3.05, 3.63) is 5.89 Å². The minimum Gasteiger partial charge on any atom is -0.407 e. The van der Waals surface area contributed by atoms with E-state index in [1.54, 1.807) is 0 Å². The highest BCUT2D eigenvalue weighted by atomic mass is 32.2. The quantitative estimate of drug-likeness (QED) is 0.792. The molecule has 1 heterocycles. The standard InChI is InChI=1S/C12H22N4OS/c1-3-13-8-11-15-16-12(17-11)14-9-6-5-7-10(9)18-4-2/h9-10,13H,3-8H2,1-2H3,(H,14,16). The SMILES string of the molecule is CCNCc1nnc(NC2CCCC2SCC)o1. The van der Waals surface area contributed by atoms with Gasteiger partial charge in [-0.1, -0.05) is 25.4 Å². The first-order valence-corrected chi connectivity index (χ1v) is 7.79. The highest BCUT2D eigenvalue weighted by Crippen LogP contribution is 2.31. The average Bonchev–Trinajstić information content (AvgIpc) is 2.98. The fourth-order valence-corrected chi connectivity index (χ4v) is 3.48. The minimum absolute atomic E-state index is 0.474. The molecule has 1 aliphatic carbocycles.